The number of nitriles is 1. The second-order valence-corrected chi connectivity index (χ2v) is 4.81. The van der Waals surface area contributed by atoms with Gasteiger partial charge in [0.2, 0.25) is 5.28 Å². The van der Waals surface area contributed by atoms with Gasteiger partial charge in [0.25, 0.3) is 0 Å². The zero-order chi connectivity index (χ0) is 15.8. The van der Waals surface area contributed by atoms with E-state index in [1.54, 1.807) is 25.4 Å². The largest absolute Gasteiger partial charge is 0.499 e. The van der Waals surface area contributed by atoms with Crippen molar-refractivity contribution in [1.82, 2.24) is 9.97 Å². The number of allylic oxidation sites excluding steroid dienone is 4. The maximum atomic E-state index is 9.34. The first kappa shape index (κ1) is 16.9. The Morgan fingerprint density at radius 1 is 1.57 bits per heavy atom. The van der Waals surface area contributed by atoms with Crippen molar-refractivity contribution in [3.8, 4) is 6.07 Å². The van der Waals surface area contributed by atoms with E-state index in [4.69, 9.17) is 16.3 Å². The first-order valence-electron chi connectivity index (χ1n) is 6.52. The lowest BCUT2D eigenvalue weighted by atomic mass is 10.0. The molecule has 0 saturated heterocycles. The van der Waals surface area contributed by atoms with E-state index in [0.29, 0.717) is 23.4 Å². The summed E-state index contributed by atoms with van der Waals surface area (Å²) in [4.78, 5) is 7.96. The molecule has 1 aromatic rings. The molecule has 0 aromatic carbocycles. The van der Waals surface area contributed by atoms with Crippen LogP contribution in [0.25, 0.3) is 5.57 Å². The van der Waals surface area contributed by atoms with E-state index in [1.165, 1.54) is 0 Å². The monoisotopic (exact) mass is 303 g/mol. The van der Waals surface area contributed by atoms with Crippen molar-refractivity contribution in [1.29, 1.82) is 5.26 Å². The number of aromatic nitrogens is 2. The van der Waals surface area contributed by atoms with Crippen LogP contribution in [0.3, 0.4) is 0 Å². The van der Waals surface area contributed by atoms with Crippen LogP contribution < -0.4 is 0 Å². The summed E-state index contributed by atoms with van der Waals surface area (Å²) in [6.45, 7) is 7.82. The highest BCUT2D eigenvalue weighted by Gasteiger charge is 2.08. The highest BCUT2D eigenvalue weighted by Crippen LogP contribution is 2.21. The Bertz CT molecular complexity index is 627. The van der Waals surface area contributed by atoms with Crippen LogP contribution in [0.2, 0.25) is 5.28 Å². The molecular formula is C16H18ClN3O. The first-order valence-corrected chi connectivity index (χ1v) is 6.90. The van der Waals surface area contributed by atoms with E-state index < -0.39 is 0 Å². The number of hydrogen-bond acceptors (Lipinski definition) is 4. The minimum Gasteiger partial charge on any atom is -0.499 e. The highest BCUT2D eigenvalue weighted by atomic mass is 35.5. The minimum atomic E-state index is 0.175. The molecule has 110 valence electrons. The lowest BCUT2D eigenvalue weighted by molar-refractivity contribution is 0.280. The molecule has 0 saturated carbocycles. The molecule has 0 fully saturated rings. The van der Waals surface area contributed by atoms with Gasteiger partial charge in [-0.3, -0.25) is 0 Å². The van der Waals surface area contributed by atoms with Gasteiger partial charge in [0.1, 0.15) is 11.8 Å². The van der Waals surface area contributed by atoms with E-state index >= 15 is 0 Å². The van der Waals surface area contributed by atoms with Crippen molar-refractivity contribution in [3.05, 3.63) is 52.8 Å². The molecule has 1 heterocycles. The summed E-state index contributed by atoms with van der Waals surface area (Å²) in [5.74, 6) is 0.601. The standard InChI is InChI=1S/C16H18ClN3O/c1-5-11(2)8-15(21-4)13(10-18)9-12(3)14-6-7-19-16(17)20-14/h6-7,9H,2,5,8H2,1,3-4H3. The third kappa shape index (κ3) is 5.05. The van der Waals surface area contributed by atoms with Crippen LogP contribution in [0.1, 0.15) is 32.4 Å². The predicted molar refractivity (Wildman–Crippen MR) is 84.4 cm³/mol. The second-order valence-electron chi connectivity index (χ2n) is 4.47. The van der Waals surface area contributed by atoms with E-state index in [9.17, 15) is 5.26 Å². The second kappa shape index (κ2) is 8.23. The Morgan fingerprint density at radius 3 is 2.81 bits per heavy atom. The molecule has 0 aliphatic rings. The van der Waals surface area contributed by atoms with Crippen LogP contribution in [0.4, 0.5) is 0 Å². The van der Waals surface area contributed by atoms with Gasteiger partial charge in [-0.15, -0.1) is 0 Å². The van der Waals surface area contributed by atoms with Crippen LogP contribution in [0.15, 0.2) is 41.8 Å². The van der Waals surface area contributed by atoms with Gasteiger partial charge >= 0.3 is 0 Å². The quantitative estimate of drug-likeness (QED) is 0.258. The summed E-state index contributed by atoms with van der Waals surface area (Å²) in [6, 6.07) is 3.90. The summed E-state index contributed by atoms with van der Waals surface area (Å²) >= 11 is 5.77. The molecule has 0 bridgehead atoms. The third-order valence-corrected chi connectivity index (χ3v) is 3.15. The Kier molecular flexibility index (Phi) is 6.64. The molecule has 4 nitrogen and oxygen atoms in total. The fraction of sp³-hybridized carbons (Fsp3) is 0.312. The van der Waals surface area contributed by atoms with Gasteiger partial charge in [0, 0.05) is 12.6 Å². The summed E-state index contributed by atoms with van der Waals surface area (Å²) in [7, 11) is 1.56. The van der Waals surface area contributed by atoms with Crippen molar-refractivity contribution >= 4 is 17.2 Å². The average molecular weight is 304 g/mol. The van der Waals surface area contributed by atoms with Gasteiger partial charge in [-0.2, -0.15) is 5.26 Å². The summed E-state index contributed by atoms with van der Waals surface area (Å²) in [6.07, 6.45) is 4.70. The Labute approximate surface area is 130 Å². The van der Waals surface area contributed by atoms with Crippen LogP contribution >= 0.6 is 11.6 Å². The highest BCUT2D eigenvalue weighted by molar-refractivity contribution is 6.28. The molecule has 5 heteroatoms. The maximum Gasteiger partial charge on any atom is 0.222 e. The van der Waals surface area contributed by atoms with Gasteiger partial charge in [-0.05, 0) is 42.7 Å². The molecule has 1 aromatic heterocycles. The van der Waals surface area contributed by atoms with Crippen molar-refractivity contribution in [2.45, 2.75) is 26.7 Å². The molecule has 1 rings (SSSR count). The summed E-state index contributed by atoms with van der Waals surface area (Å²) in [5.41, 5.74) is 2.95. The molecule has 0 aliphatic heterocycles. The molecule has 0 amide bonds. The van der Waals surface area contributed by atoms with Gasteiger partial charge in [0.05, 0.1) is 18.4 Å². The summed E-state index contributed by atoms with van der Waals surface area (Å²) < 4.78 is 5.33. The zero-order valence-electron chi connectivity index (χ0n) is 12.5. The van der Waals surface area contributed by atoms with Crippen LogP contribution in [-0.4, -0.2) is 17.1 Å². The molecule has 0 spiro atoms. The number of halogens is 1. The fourth-order valence-electron chi connectivity index (χ4n) is 1.65. The maximum absolute atomic E-state index is 9.34. The third-order valence-electron chi connectivity index (χ3n) is 2.97. The predicted octanol–water partition coefficient (Wildman–Crippen LogP) is 4.31. The van der Waals surface area contributed by atoms with Gasteiger partial charge in [-0.25, -0.2) is 9.97 Å². The molecule has 0 aliphatic carbocycles. The van der Waals surface area contributed by atoms with Gasteiger partial charge < -0.3 is 4.74 Å². The fourth-order valence-corrected chi connectivity index (χ4v) is 1.80. The zero-order valence-corrected chi connectivity index (χ0v) is 13.2. The Hall–Kier alpha value is -2.12. The van der Waals surface area contributed by atoms with Crippen LogP contribution in [0.5, 0.6) is 0 Å². The normalized spacial score (nSPS) is 12.4. The molecular weight excluding hydrogens is 286 g/mol. The molecule has 0 unspecified atom stereocenters. The van der Waals surface area contributed by atoms with Crippen molar-refractivity contribution < 1.29 is 4.74 Å². The van der Waals surface area contributed by atoms with Crippen LogP contribution in [-0.2, 0) is 4.74 Å². The Morgan fingerprint density at radius 2 is 2.29 bits per heavy atom. The van der Waals surface area contributed by atoms with Crippen molar-refractivity contribution in [3.63, 3.8) is 0 Å². The number of nitrogens with zero attached hydrogens (tertiary/aromatic N) is 3. The SMILES string of the molecule is C=C(CC)CC(OC)=C(C#N)C=C(C)c1ccnc(Cl)n1. The van der Waals surface area contributed by atoms with E-state index in [-0.39, 0.29) is 5.28 Å². The molecule has 0 atom stereocenters. The minimum absolute atomic E-state index is 0.175. The summed E-state index contributed by atoms with van der Waals surface area (Å²) in [5, 5.41) is 9.52. The van der Waals surface area contributed by atoms with Crippen molar-refractivity contribution in [2.24, 2.45) is 0 Å². The number of hydrogen-bond donors (Lipinski definition) is 0. The van der Waals surface area contributed by atoms with E-state index in [0.717, 1.165) is 17.6 Å². The van der Waals surface area contributed by atoms with Gasteiger partial charge in [-0.1, -0.05) is 19.1 Å². The smallest absolute Gasteiger partial charge is 0.222 e. The lowest BCUT2D eigenvalue weighted by Crippen LogP contribution is -1.95. The number of rotatable bonds is 6. The molecule has 21 heavy (non-hydrogen) atoms. The molecule has 0 radical (unpaired) electrons. The van der Waals surface area contributed by atoms with Crippen molar-refractivity contribution in [2.75, 3.05) is 7.11 Å². The lowest BCUT2D eigenvalue weighted by Gasteiger charge is -2.09. The topological polar surface area (TPSA) is 58.8 Å². The average Bonchev–Trinajstić information content (AvgIpc) is 2.50. The number of ether oxygens (including phenoxy) is 1. The van der Waals surface area contributed by atoms with E-state index in [1.807, 2.05) is 13.8 Å². The molecule has 0 N–H and O–H groups in total. The first-order chi connectivity index (χ1) is 10.0. The van der Waals surface area contributed by atoms with E-state index in [2.05, 4.69) is 22.6 Å². The van der Waals surface area contributed by atoms with Crippen LogP contribution in [0, 0.1) is 11.3 Å². The Balaban J connectivity index is 3.17. The van der Waals surface area contributed by atoms with Gasteiger partial charge in [0.15, 0.2) is 0 Å². The number of methoxy groups -OCH3 is 1.